The van der Waals surface area contributed by atoms with Gasteiger partial charge in [-0.05, 0) is 12.5 Å². The van der Waals surface area contributed by atoms with Gasteiger partial charge in [0.15, 0.2) is 11.6 Å². The molecule has 0 radical (unpaired) electrons. The molecule has 68 valence electrons. The minimum Gasteiger partial charge on any atom is -0.204 e. The predicted molar refractivity (Wildman–Crippen MR) is 45.0 cm³/mol. The van der Waals surface area contributed by atoms with E-state index in [1.165, 1.54) is 12.1 Å². The van der Waals surface area contributed by atoms with Crippen molar-refractivity contribution in [3.05, 3.63) is 35.4 Å². The average Bonchev–Trinajstić information content (AvgIpc) is 2.14. The van der Waals surface area contributed by atoms with Crippen molar-refractivity contribution in [1.82, 2.24) is 0 Å². The van der Waals surface area contributed by atoms with E-state index < -0.39 is 17.6 Å². The molecular formula is C10H9F2N. The van der Waals surface area contributed by atoms with Crippen LogP contribution in [0.3, 0.4) is 0 Å². The largest absolute Gasteiger partial charge is 0.204 e. The van der Waals surface area contributed by atoms with E-state index in [-0.39, 0.29) is 5.56 Å². The molecule has 0 fully saturated rings. The molecule has 0 saturated heterocycles. The number of nitriles is 1. The molecular weight excluding hydrogens is 172 g/mol. The second-order valence-electron chi connectivity index (χ2n) is 2.73. The van der Waals surface area contributed by atoms with Crippen LogP contribution in [-0.2, 0) is 0 Å². The van der Waals surface area contributed by atoms with Gasteiger partial charge in [0.2, 0.25) is 0 Å². The maximum absolute atomic E-state index is 13.1. The molecule has 0 bridgehead atoms. The Kier molecular flexibility index (Phi) is 2.97. The summed E-state index contributed by atoms with van der Waals surface area (Å²) in [6.45, 7) is 1.76. The van der Waals surface area contributed by atoms with Gasteiger partial charge in [-0.1, -0.05) is 19.1 Å². The molecule has 1 unspecified atom stereocenters. The normalized spacial score (nSPS) is 12.2. The van der Waals surface area contributed by atoms with Crippen molar-refractivity contribution >= 4 is 0 Å². The molecule has 0 aliphatic heterocycles. The van der Waals surface area contributed by atoms with E-state index in [1.807, 2.05) is 6.07 Å². The van der Waals surface area contributed by atoms with Crippen molar-refractivity contribution in [2.75, 3.05) is 0 Å². The minimum atomic E-state index is -0.907. The Labute approximate surface area is 75.6 Å². The molecule has 0 spiro atoms. The van der Waals surface area contributed by atoms with E-state index in [2.05, 4.69) is 0 Å². The lowest BCUT2D eigenvalue weighted by Gasteiger charge is -2.07. The van der Waals surface area contributed by atoms with Crippen molar-refractivity contribution in [2.45, 2.75) is 19.3 Å². The Hall–Kier alpha value is -1.43. The molecule has 1 nitrogen and oxygen atoms in total. The average molecular weight is 181 g/mol. The first-order chi connectivity index (χ1) is 6.20. The van der Waals surface area contributed by atoms with Crippen molar-refractivity contribution in [3.63, 3.8) is 0 Å². The Balaban J connectivity index is 3.15. The lowest BCUT2D eigenvalue weighted by atomic mass is 9.97. The van der Waals surface area contributed by atoms with Crippen molar-refractivity contribution in [1.29, 1.82) is 5.26 Å². The van der Waals surface area contributed by atoms with Gasteiger partial charge in [0.05, 0.1) is 12.0 Å². The highest BCUT2D eigenvalue weighted by molar-refractivity contribution is 5.27. The van der Waals surface area contributed by atoms with Crippen LogP contribution in [0.2, 0.25) is 0 Å². The van der Waals surface area contributed by atoms with Crippen LogP contribution >= 0.6 is 0 Å². The fourth-order valence-electron chi connectivity index (χ4n) is 1.17. The third kappa shape index (κ3) is 1.83. The van der Waals surface area contributed by atoms with Crippen LogP contribution in [0.15, 0.2) is 18.2 Å². The molecule has 0 saturated carbocycles. The summed E-state index contributed by atoms with van der Waals surface area (Å²) in [6, 6.07) is 5.82. The molecule has 0 aromatic heterocycles. The molecule has 13 heavy (non-hydrogen) atoms. The highest BCUT2D eigenvalue weighted by atomic mass is 19.2. The molecule has 0 heterocycles. The predicted octanol–water partition coefficient (Wildman–Crippen LogP) is 2.98. The van der Waals surface area contributed by atoms with Gasteiger partial charge < -0.3 is 0 Å². The van der Waals surface area contributed by atoms with Crippen molar-refractivity contribution in [2.24, 2.45) is 0 Å². The Morgan fingerprint density at radius 2 is 2.15 bits per heavy atom. The van der Waals surface area contributed by atoms with Crippen LogP contribution < -0.4 is 0 Å². The van der Waals surface area contributed by atoms with E-state index in [9.17, 15) is 8.78 Å². The summed E-state index contributed by atoms with van der Waals surface area (Å²) < 4.78 is 25.8. The van der Waals surface area contributed by atoms with Crippen LogP contribution in [0.5, 0.6) is 0 Å². The number of halogens is 2. The minimum absolute atomic E-state index is 0.144. The molecule has 1 aromatic carbocycles. The van der Waals surface area contributed by atoms with Gasteiger partial charge in [-0.3, -0.25) is 0 Å². The smallest absolute Gasteiger partial charge is 0.163 e. The fourth-order valence-corrected chi connectivity index (χ4v) is 1.17. The molecule has 3 heteroatoms. The van der Waals surface area contributed by atoms with Crippen LogP contribution in [0, 0.1) is 23.0 Å². The molecule has 1 rings (SSSR count). The fraction of sp³-hybridized carbons (Fsp3) is 0.300. The third-order valence-electron chi connectivity index (χ3n) is 1.92. The van der Waals surface area contributed by atoms with E-state index in [0.29, 0.717) is 6.42 Å². The number of nitrogens with zero attached hydrogens (tertiary/aromatic N) is 1. The van der Waals surface area contributed by atoms with Crippen molar-refractivity contribution in [3.8, 4) is 6.07 Å². The maximum Gasteiger partial charge on any atom is 0.163 e. The van der Waals surface area contributed by atoms with Gasteiger partial charge in [-0.2, -0.15) is 5.26 Å². The molecule has 0 aliphatic carbocycles. The lowest BCUT2D eigenvalue weighted by Crippen LogP contribution is -1.99. The summed E-state index contributed by atoms with van der Waals surface area (Å²) in [4.78, 5) is 0. The van der Waals surface area contributed by atoms with Gasteiger partial charge in [-0.15, -0.1) is 0 Å². The van der Waals surface area contributed by atoms with Crippen LogP contribution in [0.1, 0.15) is 24.8 Å². The summed E-state index contributed by atoms with van der Waals surface area (Å²) >= 11 is 0. The monoisotopic (exact) mass is 181 g/mol. The van der Waals surface area contributed by atoms with E-state index in [0.717, 1.165) is 6.07 Å². The van der Waals surface area contributed by atoms with Crippen molar-refractivity contribution < 1.29 is 8.78 Å². The third-order valence-corrected chi connectivity index (χ3v) is 1.92. The summed E-state index contributed by atoms with van der Waals surface area (Å²) in [7, 11) is 0. The number of hydrogen-bond acceptors (Lipinski definition) is 1. The zero-order valence-electron chi connectivity index (χ0n) is 7.22. The molecule has 0 N–H and O–H groups in total. The first-order valence-corrected chi connectivity index (χ1v) is 4.04. The highest BCUT2D eigenvalue weighted by Crippen LogP contribution is 2.22. The molecule has 0 aliphatic rings. The zero-order chi connectivity index (χ0) is 9.84. The molecule has 0 amide bonds. The van der Waals surface area contributed by atoms with Gasteiger partial charge >= 0.3 is 0 Å². The maximum atomic E-state index is 13.1. The number of hydrogen-bond donors (Lipinski definition) is 0. The second-order valence-corrected chi connectivity index (χ2v) is 2.73. The standard InChI is InChI=1S/C10H9F2N/c1-2-7(6-13)8-4-3-5-9(11)10(8)12/h3-5,7H,2H2,1H3. The zero-order valence-corrected chi connectivity index (χ0v) is 7.22. The van der Waals surface area contributed by atoms with Gasteiger partial charge in [0, 0.05) is 5.56 Å². The van der Waals surface area contributed by atoms with Gasteiger partial charge in [0.1, 0.15) is 0 Å². The first kappa shape index (κ1) is 9.66. The summed E-state index contributed by atoms with van der Waals surface area (Å²) in [5.74, 6) is -2.36. The molecule has 1 atom stereocenters. The Bertz CT molecular complexity index is 341. The van der Waals surface area contributed by atoms with E-state index in [4.69, 9.17) is 5.26 Å². The summed E-state index contributed by atoms with van der Waals surface area (Å²) in [5.41, 5.74) is 0.144. The van der Waals surface area contributed by atoms with Crippen LogP contribution in [0.4, 0.5) is 8.78 Å². The molecule has 1 aromatic rings. The van der Waals surface area contributed by atoms with Crippen LogP contribution in [-0.4, -0.2) is 0 Å². The SMILES string of the molecule is CCC(C#N)c1cccc(F)c1F. The number of rotatable bonds is 2. The Morgan fingerprint density at radius 1 is 1.46 bits per heavy atom. The van der Waals surface area contributed by atoms with E-state index in [1.54, 1.807) is 6.92 Å². The highest BCUT2D eigenvalue weighted by Gasteiger charge is 2.15. The van der Waals surface area contributed by atoms with Crippen LogP contribution in [0.25, 0.3) is 0 Å². The van der Waals surface area contributed by atoms with Gasteiger partial charge in [0.25, 0.3) is 0 Å². The van der Waals surface area contributed by atoms with Gasteiger partial charge in [-0.25, -0.2) is 8.78 Å². The topological polar surface area (TPSA) is 23.8 Å². The summed E-state index contributed by atoms with van der Waals surface area (Å²) in [6.07, 6.45) is 0.483. The summed E-state index contributed by atoms with van der Waals surface area (Å²) in [5, 5.41) is 8.66. The first-order valence-electron chi connectivity index (χ1n) is 4.04. The quantitative estimate of drug-likeness (QED) is 0.688. The Morgan fingerprint density at radius 3 is 2.69 bits per heavy atom. The number of benzene rings is 1. The second kappa shape index (κ2) is 3.99. The lowest BCUT2D eigenvalue weighted by molar-refractivity contribution is 0.494. The van der Waals surface area contributed by atoms with E-state index >= 15 is 0 Å².